The summed E-state index contributed by atoms with van der Waals surface area (Å²) in [5.74, 6) is 0.528. The Morgan fingerprint density at radius 3 is 2.54 bits per heavy atom. The largest absolute Gasteiger partial charge is 0.355 e. The average Bonchev–Trinajstić information content (AvgIpc) is 3.16. The van der Waals surface area contributed by atoms with Gasteiger partial charge >= 0.3 is 0 Å². The van der Waals surface area contributed by atoms with Crippen LogP contribution in [0.25, 0.3) is 33.1 Å². The molecule has 3 aromatic carbocycles. The Balaban J connectivity index is 1.60. The second-order valence-electron chi connectivity index (χ2n) is 6.49. The van der Waals surface area contributed by atoms with Crippen LogP contribution in [0.15, 0.2) is 83.5 Å². The van der Waals surface area contributed by atoms with Crippen LogP contribution in [-0.2, 0) is 0 Å². The van der Waals surface area contributed by atoms with Gasteiger partial charge in [-0.3, -0.25) is 9.78 Å². The van der Waals surface area contributed by atoms with Crippen molar-refractivity contribution in [2.24, 2.45) is 0 Å². The highest BCUT2D eigenvalue weighted by atomic mass is 35.5. The molecule has 28 heavy (non-hydrogen) atoms. The van der Waals surface area contributed by atoms with E-state index in [1.807, 2.05) is 48.5 Å². The highest BCUT2D eigenvalue weighted by molar-refractivity contribution is 6.30. The Hall–Kier alpha value is -3.50. The van der Waals surface area contributed by atoms with Crippen molar-refractivity contribution in [1.82, 2.24) is 10.1 Å². The number of pyridine rings is 1. The van der Waals surface area contributed by atoms with Crippen LogP contribution in [0.2, 0.25) is 5.02 Å². The van der Waals surface area contributed by atoms with Crippen LogP contribution in [0.5, 0.6) is 0 Å². The first kappa shape index (κ1) is 16.7. The fourth-order valence-corrected chi connectivity index (χ4v) is 3.49. The van der Waals surface area contributed by atoms with Crippen LogP contribution in [0.3, 0.4) is 0 Å². The SMILES string of the molecule is O=C(c1ccc2ncccc2c1)c1ccc2noc(-c3cccc(Cl)c3)c2c1. The third-order valence-electron chi connectivity index (χ3n) is 4.69. The standard InChI is InChI=1S/C23H13ClN2O2/c24-18-5-1-3-17(12-18)23-19-13-16(7-9-21(19)26-28-23)22(27)15-6-8-20-14(11-15)4-2-10-25-20/h1-13H. The van der Waals surface area contributed by atoms with Gasteiger partial charge in [-0.05, 0) is 54.6 Å². The molecular formula is C23H13ClN2O2. The molecule has 0 aliphatic carbocycles. The molecule has 2 heterocycles. The number of hydrogen-bond donors (Lipinski definition) is 0. The van der Waals surface area contributed by atoms with Crippen molar-refractivity contribution in [3.63, 3.8) is 0 Å². The van der Waals surface area contributed by atoms with Crippen molar-refractivity contribution in [3.05, 3.63) is 95.1 Å². The van der Waals surface area contributed by atoms with Gasteiger partial charge in [0.05, 0.1) is 10.9 Å². The fraction of sp³-hybridized carbons (Fsp3) is 0. The molecule has 5 heteroatoms. The maximum Gasteiger partial charge on any atom is 0.193 e. The summed E-state index contributed by atoms with van der Waals surface area (Å²) in [4.78, 5) is 17.4. The second kappa shape index (κ2) is 6.59. The molecule has 0 amide bonds. The monoisotopic (exact) mass is 384 g/mol. The third-order valence-corrected chi connectivity index (χ3v) is 4.93. The molecule has 0 saturated heterocycles. The molecule has 5 aromatic rings. The van der Waals surface area contributed by atoms with Crippen LogP contribution in [0.1, 0.15) is 15.9 Å². The van der Waals surface area contributed by atoms with Crippen LogP contribution < -0.4 is 0 Å². The first-order chi connectivity index (χ1) is 13.7. The Morgan fingerprint density at radius 1 is 0.857 bits per heavy atom. The maximum atomic E-state index is 13.1. The lowest BCUT2D eigenvalue weighted by atomic mass is 9.99. The number of halogens is 1. The normalized spacial score (nSPS) is 11.2. The minimum atomic E-state index is -0.0640. The Labute approximate surface area is 165 Å². The molecule has 0 bridgehead atoms. The number of carbonyl (C=O) groups is 1. The highest BCUT2D eigenvalue weighted by Crippen LogP contribution is 2.31. The van der Waals surface area contributed by atoms with E-state index in [1.54, 1.807) is 30.5 Å². The third kappa shape index (κ3) is 2.84. The zero-order valence-electron chi connectivity index (χ0n) is 14.6. The summed E-state index contributed by atoms with van der Waals surface area (Å²) < 4.78 is 5.53. The van der Waals surface area contributed by atoms with Gasteiger partial charge in [0.1, 0.15) is 5.52 Å². The van der Waals surface area contributed by atoms with Gasteiger partial charge in [-0.15, -0.1) is 0 Å². The zero-order chi connectivity index (χ0) is 19.1. The van der Waals surface area contributed by atoms with E-state index in [4.69, 9.17) is 16.1 Å². The van der Waals surface area contributed by atoms with Gasteiger partial charge in [0.2, 0.25) is 0 Å². The number of ketones is 1. The Bertz CT molecular complexity index is 1360. The summed E-state index contributed by atoms with van der Waals surface area (Å²) in [5.41, 5.74) is 3.55. The molecule has 0 atom stereocenters. The van der Waals surface area contributed by atoms with Gasteiger partial charge < -0.3 is 4.52 Å². The van der Waals surface area contributed by atoms with Gasteiger partial charge in [0, 0.05) is 33.3 Å². The molecule has 0 saturated carbocycles. The molecule has 0 aliphatic heterocycles. The van der Waals surface area contributed by atoms with E-state index in [-0.39, 0.29) is 5.78 Å². The van der Waals surface area contributed by atoms with Gasteiger partial charge in [-0.2, -0.15) is 0 Å². The number of benzene rings is 3. The minimum absolute atomic E-state index is 0.0640. The summed E-state index contributed by atoms with van der Waals surface area (Å²) in [6, 6.07) is 22.1. The van der Waals surface area contributed by atoms with E-state index >= 15 is 0 Å². The average molecular weight is 385 g/mol. The lowest BCUT2D eigenvalue weighted by Gasteiger charge is -2.04. The van der Waals surface area contributed by atoms with E-state index in [2.05, 4.69) is 10.1 Å². The molecule has 0 aliphatic rings. The van der Waals surface area contributed by atoms with Crippen molar-refractivity contribution in [3.8, 4) is 11.3 Å². The quantitative estimate of drug-likeness (QED) is 0.362. The predicted octanol–water partition coefficient (Wildman–Crippen LogP) is 5.93. The van der Waals surface area contributed by atoms with Gasteiger partial charge in [0.25, 0.3) is 0 Å². The molecule has 0 fully saturated rings. The molecule has 134 valence electrons. The molecule has 0 N–H and O–H groups in total. The second-order valence-corrected chi connectivity index (χ2v) is 6.93. The summed E-state index contributed by atoms with van der Waals surface area (Å²) >= 11 is 6.10. The summed E-state index contributed by atoms with van der Waals surface area (Å²) in [6.07, 6.45) is 1.74. The lowest BCUT2D eigenvalue weighted by Crippen LogP contribution is -2.01. The number of rotatable bonds is 3. The van der Waals surface area contributed by atoms with Crippen LogP contribution in [0, 0.1) is 0 Å². The van der Waals surface area contributed by atoms with E-state index in [0.29, 0.717) is 27.4 Å². The van der Waals surface area contributed by atoms with Crippen LogP contribution in [-0.4, -0.2) is 15.9 Å². The molecule has 0 unspecified atom stereocenters. The lowest BCUT2D eigenvalue weighted by molar-refractivity contribution is 0.103. The van der Waals surface area contributed by atoms with E-state index in [9.17, 15) is 4.79 Å². The smallest absolute Gasteiger partial charge is 0.193 e. The molecule has 0 spiro atoms. The van der Waals surface area contributed by atoms with Crippen molar-refractivity contribution >= 4 is 39.2 Å². The Kier molecular flexibility index (Phi) is 3.92. The van der Waals surface area contributed by atoms with E-state index in [0.717, 1.165) is 21.9 Å². The number of nitrogens with zero attached hydrogens (tertiary/aromatic N) is 2. The number of hydrogen-bond acceptors (Lipinski definition) is 4. The topological polar surface area (TPSA) is 56.0 Å². The highest BCUT2D eigenvalue weighted by Gasteiger charge is 2.16. The number of carbonyl (C=O) groups excluding carboxylic acids is 1. The fourth-order valence-electron chi connectivity index (χ4n) is 3.30. The van der Waals surface area contributed by atoms with Gasteiger partial charge in [-0.25, -0.2) is 0 Å². The minimum Gasteiger partial charge on any atom is -0.355 e. The summed E-state index contributed by atoms with van der Waals surface area (Å²) in [5, 5.41) is 6.41. The number of fused-ring (bicyclic) bond motifs is 2. The van der Waals surface area contributed by atoms with Gasteiger partial charge in [-0.1, -0.05) is 35.0 Å². The first-order valence-electron chi connectivity index (χ1n) is 8.74. The Morgan fingerprint density at radius 2 is 1.68 bits per heavy atom. The van der Waals surface area contributed by atoms with Gasteiger partial charge in [0.15, 0.2) is 11.5 Å². The maximum absolute atomic E-state index is 13.1. The van der Waals surface area contributed by atoms with Crippen LogP contribution in [0.4, 0.5) is 0 Å². The predicted molar refractivity (Wildman–Crippen MR) is 110 cm³/mol. The molecule has 0 radical (unpaired) electrons. The molecule has 2 aromatic heterocycles. The van der Waals surface area contributed by atoms with Crippen LogP contribution >= 0.6 is 11.6 Å². The summed E-state index contributed by atoms with van der Waals surface area (Å²) in [6.45, 7) is 0. The molecule has 4 nitrogen and oxygen atoms in total. The van der Waals surface area contributed by atoms with Crippen molar-refractivity contribution in [2.75, 3.05) is 0 Å². The van der Waals surface area contributed by atoms with Crippen molar-refractivity contribution < 1.29 is 9.32 Å². The molecule has 5 rings (SSSR count). The number of aromatic nitrogens is 2. The first-order valence-corrected chi connectivity index (χ1v) is 9.12. The zero-order valence-corrected chi connectivity index (χ0v) is 15.4. The van der Waals surface area contributed by atoms with E-state index < -0.39 is 0 Å². The van der Waals surface area contributed by atoms with E-state index in [1.165, 1.54) is 0 Å². The van der Waals surface area contributed by atoms with Crippen molar-refractivity contribution in [2.45, 2.75) is 0 Å². The summed E-state index contributed by atoms with van der Waals surface area (Å²) in [7, 11) is 0. The molecular weight excluding hydrogens is 372 g/mol. The van der Waals surface area contributed by atoms with Crippen molar-refractivity contribution in [1.29, 1.82) is 0 Å².